The second-order valence-electron chi connectivity index (χ2n) is 7.05. The molecule has 1 unspecified atom stereocenters. The third-order valence-corrected chi connectivity index (χ3v) is 5.49. The topological polar surface area (TPSA) is 65.0 Å². The summed E-state index contributed by atoms with van der Waals surface area (Å²) < 4.78 is 5.49. The lowest BCUT2D eigenvalue weighted by Gasteiger charge is -2.37. The zero-order valence-electron chi connectivity index (χ0n) is 17.2. The maximum atomic E-state index is 5.49. The highest BCUT2D eigenvalue weighted by Crippen LogP contribution is 2.18. The van der Waals surface area contributed by atoms with Crippen LogP contribution in [-0.4, -0.2) is 75.4 Å². The molecule has 27 heavy (non-hydrogen) atoms. The van der Waals surface area contributed by atoms with Crippen molar-refractivity contribution in [2.75, 3.05) is 58.4 Å². The van der Waals surface area contributed by atoms with Gasteiger partial charge in [-0.05, 0) is 12.8 Å². The lowest BCUT2D eigenvalue weighted by molar-refractivity contribution is 0.00752. The molecule has 2 heterocycles. The van der Waals surface area contributed by atoms with Gasteiger partial charge in [-0.2, -0.15) is 0 Å². The number of ether oxygens (including phenoxy) is 1. The van der Waals surface area contributed by atoms with Gasteiger partial charge < -0.3 is 20.3 Å². The SMILES string of the molecule is CCNC(=NCc1csc(N(C)C)n1)NCC(C(C)C)N1CCOCC1.I. The van der Waals surface area contributed by atoms with Crippen molar-refractivity contribution >= 4 is 46.4 Å². The van der Waals surface area contributed by atoms with Crippen molar-refractivity contribution in [3.05, 3.63) is 11.1 Å². The van der Waals surface area contributed by atoms with E-state index in [9.17, 15) is 0 Å². The van der Waals surface area contributed by atoms with Gasteiger partial charge in [0.05, 0.1) is 25.5 Å². The largest absolute Gasteiger partial charge is 0.379 e. The van der Waals surface area contributed by atoms with Gasteiger partial charge in [0.1, 0.15) is 0 Å². The van der Waals surface area contributed by atoms with Crippen molar-refractivity contribution in [3.63, 3.8) is 0 Å². The highest BCUT2D eigenvalue weighted by Gasteiger charge is 2.23. The Labute approximate surface area is 185 Å². The summed E-state index contributed by atoms with van der Waals surface area (Å²) in [5.41, 5.74) is 1.00. The Balaban J connectivity index is 0.00000364. The monoisotopic (exact) mass is 510 g/mol. The lowest BCUT2D eigenvalue weighted by atomic mass is 10.0. The summed E-state index contributed by atoms with van der Waals surface area (Å²) in [5.74, 6) is 1.43. The molecule has 9 heteroatoms. The van der Waals surface area contributed by atoms with Gasteiger partial charge in [0, 0.05) is 51.7 Å². The molecule has 1 aliphatic heterocycles. The number of halogens is 1. The Hall–Kier alpha value is -0.650. The molecule has 0 spiro atoms. The van der Waals surface area contributed by atoms with Gasteiger partial charge in [0.2, 0.25) is 0 Å². The molecular weight excluding hydrogens is 475 g/mol. The Morgan fingerprint density at radius 2 is 2.04 bits per heavy atom. The van der Waals surface area contributed by atoms with Crippen LogP contribution in [-0.2, 0) is 11.3 Å². The van der Waals surface area contributed by atoms with Crippen LogP contribution in [0.1, 0.15) is 26.5 Å². The first kappa shape index (κ1) is 24.4. The maximum absolute atomic E-state index is 5.49. The average molecular weight is 510 g/mol. The first-order valence-corrected chi connectivity index (χ1v) is 10.3. The molecule has 0 aromatic carbocycles. The predicted octanol–water partition coefficient (Wildman–Crippen LogP) is 2.24. The predicted molar refractivity (Wildman–Crippen MR) is 126 cm³/mol. The van der Waals surface area contributed by atoms with Crippen LogP contribution in [0, 0.1) is 5.92 Å². The van der Waals surface area contributed by atoms with Crippen LogP contribution in [0.25, 0.3) is 0 Å². The standard InChI is InChI=1S/C18H34N6OS.HI/c1-6-19-17(20-11-15-13-26-18(22-15)23(4)5)21-12-16(14(2)3)24-7-9-25-10-8-24;/h13-14,16H,6-12H2,1-5H3,(H2,19,20,21);1H. The molecule has 0 saturated carbocycles. The van der Waals surface area contributed by atoms with Crippen molar-refractivity contribution in [3.8, 4) is 0 Å². The van der Waals surface area contributed by atoms with Crippen molar-refractivity contribution in [2.24, 2.45) is 10.9 Å². The number of aliphatic imine (C=N–C) groups is 1. The van der Waals surface area contributed by atoms with Crippen LogP contribution >= 0.6 is 35.3 Å². The van der Waals surface area contributed by atoms with Gasteiger partial charge in [-0.3, -0.25) is 4.90 Å². The Morgan fingerprint density at radius 1 is 1.33 bits per heavy atom. The molecule has 156 valence electrons. The molecule has 1 aromatic heterocycles. The summed E-state index contributed by atoms with van der Waals surface area (Å²) in [5, 5.41) is 9.95. The van der Waals surface area contributed by atoms with Crippen LogP contribution in [0.4, 0.5) is 5.13 Å². The molecule has 0 aliphatic carbocycles. The summed E-state index contributed by atoms with van der Waals surface area (Å²) in [4.78, 5) is 13.9. The highest BCUT2D eigenvalue weighted by atomic mass is 127. The minimum absolute atomic E-state index is 0. The van der Waals surface area contributed by atoms with E-state index in [0.717, 1.165) is 56.2 Å². The number of hydrogen-bond acceptors (Lipinski definition) is 6. The Bertz CT molecular complexity index is 560. The summed E-state index contributed by atoms with van der Waals surface area (Å²) in [6, 6.07) is 0.474. The van der Waals surface area contributed by atoms with E-state index >= 15 is 0 Å². The van der Waals surface area contributed by atoms with Crippen LogP contribution in [0.2, 0.25) is 0 Å². The number of hydrogen-bond donors (Lipinski definition) is 2. The normalized spacial score (nSPS) is 16.7. The molecule has 1 fully saturated rings. The average Bonchev–Trinajstić information content (AvgIpc) is 3.10. The Kier molecular flexibility index (Phi) is 11.5. The third kappa shape index (κ3) is 8.08. The fourth-order valence-corrected chi connectivity index (χ4v) is 3.72. The smallest absolute Gasteiger partial charge is 0.191 e. The molecule has 1 atom stereocenters. The first-order valence-electron chi connectivity index (χ1n) is 9.47. The zero-order chi connectivity index (χ0) is 18.9. The molecule has 2 rings (SSSR count). The molecule has 2 N–H and O–H groups in total. The molecular formula is C18H35IN6OS. The van der Waals surface area contributed by atoms with Crippen LogP contribution in [0.5, 0.6) is 0 Å². The number of nitrogens with zero attached hydrogens (tertiary/aromatic N) is 4. The summed E-state index contributed by atoms with van der Waals surface area (Å²) in [7, 11) is 4.02. The van der Waals surface area contributed by atoms with Gasteiger partial charge in [0.25, 0.3) is 0 Å². The van der Waals surface area contributed by atoms with Crippen molar-refractivity contribution in [1.82, 2.24) is 20.5 Å². The molecule has 0 radical (unpaired) electrons. The fourth-order valence-electron chi connectivity index (χ4n) is 2.97. The van der Waals surface area contributed by atoms with Crippen molar-refractivity contribution in [1.29, 1.82) is 0 Å². The van der Waals surface area contributed by atoms with Crippen molar-refractivity contribution < 1.29 is 4.74 Å². The Morgan fingerprint density at radius 3 is 2.59 bits per heavy atom. The van der Waals surface area contributed by atoms with E-state index in [1.165, 1.54) is 0 Å². The van der Waals surface area contributed by atoms with Crippen LogP contribution in [0.15, 0.2) is 10.4 Å². The number of morpholine rings is 1. The van der Waals surface area contributed by atoms with E-state index in [2.05, 4.69) is 46.7 Å². The van der Waals surface area contributed by atoms with E-state index in [1.54, 1.807) is 11.3 Å². The van der Waals surface area contributed by atoms with Gasteiger partial charge in [-0.15, -0.1) is 35.3 Å². The van der Waals surface area contributed by atoms with Crippen LogP contribution in [0.3, 0.4) is 0 Å². The van der Waals surface area contributed by atoms with E-state index in [4.69, 9.17) is 9.73 Å². The van der Waals surface area contributed by atoms with Gasteiger partial charge in [0.15, 0.2) is 11.1 Å². The quantitative estimate of drug-likeness (QED) is 0.318. The van der Waals surface area contributed by atoms with E-state index in [1.807, 2.05) is 19.0 Å². The lowest BCUT2D eigenvalue weighted by Crippen LogP contribution is -2.52. The summed E-state index contributed by atoms with van der Waals surface area (Å²) in [6.07, 6.45) is 0. The first-order chi connectivity index (χ1) is 12.5. The molecule has 1 saturated heterocycles. The summed E-state index contributed by atoms with van der Waals surface area (Å²) >= 11 is 1.65. The zero-order valence-corrected chi connectivity index (χ0v) is 20.3. The van der Waals surface area contributed by atoms with E-state index < -0.39 is 0 Å². The molecule has 7 nitrogen and oxygen atoms in total. The molecule has 1 aliphatic rings. The van der Waals surface area contributed by atoms with Gasteiger partial charge >= 0.3 is 0 Å². The summed E-state index contributed by atoms with van der Waals surface area (Å²) in [6.45, 7) is 12.6. The van der Waals surface area contributed by atoms with Gasteiger partial charge in [-0.25, -0.2) is 9.98 Å². The number of guanidine groups is 1. The fraction of sp³-hybridized carbons (Fsp3) is 0.778. The third-order valence-electron chi connectivity index (χ3n) is 4.43. The second-order valence-corrected chi connectivity index (χ2v) is 7.89. The highest BCUT2D eigenvalue weighted by molar-refractivity contribution is 14.0. The number of anilines is 1. The van der Waals surface area contributed by atoms with Gasteiger partial charge in [-0.1, -0.05) is 13.8 Å². The number of nitrogens with one attached hydrogen (secondary N) is 2. The second kappa shape index (κ2) is 12.7. The van der Waals surface area contributed by atoms with Crippen molar-refractivity contribution in [2.45, 2.75) is 33.4 Å². The molecule has 0 amide bonds. The maximum Gasteiger partial charge on any atom is 0.191 e. The number of thiazole rings is 1. The minimum atomic E-state index is 0. The number of rotatable bonds is 8. The molecule has 0 bridgehead atoms. The van der Waals surface area contributed by atoms with E-state index in [0.29, 0.717) is 18.5 Å². The van der Waals surface area contributed by atoms with Crippen LogP contribution < -0.4 is 15.5 Å². The number of aromatic nitrogens is 1. The van der Waals surface area contributed by atoms with E-state index in [-0.39, 0.29) is 24.0 Å². The molecule has 1 aromatic rings. The minimum Gasteiger partial charge on any atom is -0.379 e.